The minimum absolute atomic E-state index is 0.0478. The van der Waals surface area contributed by atoms with Gasteiger partial charge in [0.15, 0.2) is 0 Å². The van der Waals surface area contributed by atoms with Crippen LogP contribution in [0.3, 0.4) is 0 Å². The number of hydrogen-bond donors (Lipinski definition) is 2. The molecular formula is C23H22N4O. The van der Waals surface area contributed by atoms with E-state index in [2.05, 4.69) is 42.5 Å². The summed E-state index contributed by atoms with van der Waals surface area (Å²) < 4.78 is 0. The quantitative estimate of drug-likeness (QED) is 0.658. The lowest BCUT2D eigenvalue weighted by Crippen LogP contribution is -2.15. The van der Waals surface area contributed by atoms with Crippen LogP contribution in [0.5, 0.6) is 0 Å². The Hall–Kier alpha value is -3.65. The van der Waals surface area contributed by atoms with Gasteiger partial charge < -0.3 is 10.6 Å². The number of carbonyl (C=O) groups is 1. The van der Waals surface area contributed by atoms with Crippen LogP contribution in [-0.4, -0.2) is 10.9 Å². The third-order valence-electron chi connectivity index (χ3n) is 4.30. The monoisotopic (exact) mass is 370 g/mol. The van der Waals surface area contributed by atoms with Gasteiger partial charge in [-0.05, 0) is 53.4 Å². The summed E-state index contributed by atoms with van der Waals surface area (Å²) in [6.07, 6.45) is 1.64. The number of aromatic nitrogens is 1. The van der Waals surface area contributed by atoms with E-state index in [0.717, 1.165) is 11.4 Å². The third-order valence-corrected chi connectivity index (χ3v) is 4.30. The summed E-state index contributed by atoms with van der Waals surface area (Å²) in [5, 5.41) is 15.0. The summed E-state index contributed by atoms with van der Waals surface area (Å²) in [6.45, 7) is 6.41. The summed E-state index contributed by atoms with van der Waals surface area (Å²) in [6, 6.07) is 20.5. The van der Waals surface area contributed by atoms with Crippen molar-refractivity contribution < 1.29 is 4.79 Å². The van der Waals surface area contributed by atoms with E-state index < -0.39 is 0 Å². The van der Waals surface area contributed by atoms with Crippen LogP contribution in [0.2, 0.25) is 0 Å². The molecule has 0 saturated heterocycles. The molecule has 3 rings (SSSR count). The van der Waals surface area contributed by atoms with Crippen molar-refractivity contribution in [3.8, 4) is 6.07 Å². The van der Waals surface area contributed by atoms with Gasteiger partial charge in [0.25, 0.3) is 5.91 Å². The Bertz CT molecular complexity index is 1010. The highest BCUT2D eigenvalue weighted by Gasteiger charge is 2.14. The van der Waals surface area contributed by atoms with E-state index in [-0.39, 0.29) is 11.3 Å². The number of benzene rings is 2. The Morgan fingerprint density at radius 1 is 1.00 bits per heavy atom. The van der Waals surface area contributed by atoms with E-state index >= 15 is 0 Å². The molecule has 2 aromatic carbocycles. The first-order valence-electron chi connectivity index (χ1n) is 9.00. The summed E-state index contributed by atoms with van der Waals surface area (Å²) in [4.78, 5) is 16.7. The van der Waals surface area contributed by atoms with Crippen molar-refractivity contribution in [2.75, 3.05) is 10.6 Å². The maximum atomic E-state index is 12.4. The zero-order valence-electron chi connectivity index (χ0n) is 16.2. The summed E-state index contributed by atoms with van der Waals surface area (Å²) in [5.41, 5.74) is 3.97. The van der Waals surface area contributed by atoms with Crippen LogP contribution in [0.1, 0.15) is 42.3 Å². The Balaban J connectivity index is 1.65. The number of carbonyl (C=O) groups excluding carboxylic acids is 1. The fourth-order valence-electron chi connectivity index (χ4n) is 2.69. The molecule has 28 heavy (non-hydrogen) atoms. The van der Waals surface area contributed by atoms with E-state index in [9.17, 15) is 4.79 Å². The van der Waals surface area contributed by atoms with Gasteiger partial charge in [0.05, 0.1) is 23.5 Å². The first-order valence-corrected chi connectivity index (χ1v) is 9.00. The van der Waals surface area contributed by atoms with Gasteiger partial charge in [0, 0.05) is 11.3 Å². The highest BCUT2D eigenvalue weighted by atomic mass is 16.1. The van der Waals surface area contributed by atoms with Crippen LogP contribution < -0.4 is 10.6 Å². The average Bonchev–Trinajstić information content (AvgIpc) is 2.69. The molecule has 5 heteroatoms. The van der Waals surface area contributed by atoms with Crippen LogP contribution in [0.15, 0.2) is 66.9 Å². The molecule has 3 aromatic rings. The van der Waals surface area contributed by atoms with Gasteiger partial charge >= 0.3 is 0 Å². The van der Waals surface area contributed by atoms with Crippen LogP contribution in [-0.2, 0) is 5.41 Å². The Kier molecular flexibility index (Phi) is 5.42. The van der Waals surface area contributed by atoms with E-state index in [1.54, 1.807) is 24.4 Å². The number of nitriles is 1. The first kappa shape index (κ1) is 19.1. The normalized spacial score (nSPS) is 10.8. The van der Waals surface area contributed by atoms with Gasteiger partial charge in [-0.2, -0.15) is 5.26 Å². The van der Waals surface area contributed by atoms with Crippen molar-refractivity contribution in [1.82, 2.24) is 4.98 Å². The molecule has 0 aliphatic carbocycles. The van der Waals surface area contributed by atoms with E-state index in [1.807, 2.05) is 42.5 Å². The second-order valence-electron chi connectivity index (χ2n) is 7.53. The molecule has 5 nitrogen and oxygen atoms in total. The van der Waals surface area contributed by atoms with Gasteiger partial charge in [-0.15, -0.1) is 0 Å². The predicted octanol–water partition coefficient (Wildman–Crippen LogP) is 5.25. The Morgan fingerprint density at radius 3 is 2.36 bits per heavy atom. The summed E-state index contributed by atoms with van der Waals surface area (Å²) in [5.74, 6) is 0.275. The van der Waals surface area contributed by atoms with Crippen LogP contribution in [0, 0.1) is 11.3 Å². The number of nitrogens with one attached hydrogen (secondary N) is 2. The molecular weight excluding hydrogens is 348 g/mol. The van der Waals surface area contributed by atoms with Crippen LogP contribution in [0.4, 0.5) is 17.2 Å². The Labute approximate surface area is 165 Å². The van der Waals surface area contributed by atoms with Gasteiger partial charge in [-0.3, -0.25) is 4.79 Å². The molecule has 1 heterocycles. The van der Waals surface area contributed by atoms with E-state index in [1.165, 1.54) is 5.56 Å². The molecule has 1 aromatic heterocycles. The molecule has 2 N–H and O–H groups in total. The molecule has 0 saturated carbocycles. The maximum Gasteiger partial charge on any atom is 0.256 e. The second kappa shape index (κ2) is 7.93. The molecule has 0 unspecified atom stereocenters. The molecule has 140 valence electrons. The first-order chi connectivity index (χ1) is 13.3. The van der Waals surface area contributed by atoms with Crippen molar-refractivity contribution in [1.29, 1.82) is 5.26 Å². The van der Waals surface area contributed by atoms with Gasteiger partial charge in [0.1, 0.15) is 5.82 Å². The fraction of sp³-hybridized carbons (Fsp3) is 0.174. The standard InChI is InChI=1S/C23H22N4O/c1-23(2,3)18-9-7-17(8-10-18)22(28)27-21-12-11-20(15-25-21)26-19-6-4-5-16(13-19)14-24/h4-13,15,26H,1-3H3,(H,25,27,28). The summed E-state index contributed by atoms with van der Waals surface area (Å²) >= 11 is 0. The number of nitrogens with zero attached hydrogens (tertiary/aromatic N) is 2. The van der Waals surface area contributed by atoms with Crippen molar-refractivity contribution in [2.24, 2.45) is 0 Å². The minimum atomic E-state index is -0.199. The lowest BCUT2D eigenvalue weighted by atomic mass is 9.87. The lowest BCUT2D eigenvalue weighted by Gasteiger charge is -2.19. The number of hydrogen-bond acceptors (Lipinski definition) is 4. The maximum absolute atomic E-state index is 12.4. The van der Waals surface area contributed by atoms with Crippen molar-refractivity contribution in [3.05, 3.63) is 83.6 Å². The third kappa shape index (κ3) is 4.74. The lowest BCUT2D eigenvalue weighted by molar-refractivity contribution is 0.102. The number of amides is 1. The zero-order valence-corrected chi connectivity index (χ0v) is 16.2. The van der Waals surface area contributed by atoms with Crippen molar-refractivity contribution in [2.45, 2.75) is 26.2 Å². The molecule has 0 fully saturated rings. The molecule has 0 aliphatic heterocycles. The van der Waals surface area contributed by atoms with E-state index in [4.69, 9.17) is 5.26 Å². The minimum Gasteiger partial charge on any atom is -0.354 e. The highest BCUT2D eigenvalue weighted by Crippen LogP contribution is 2.22. The van der Waals surface area contributed by atoms with Gasteiger partial charge in [0.2, 0.25) is 0 Å². The molecule has 0 bridgehead atoms. The number of anilines is 3. The van der Waals surface area contributed by atoms with Gasteiger partial charge in [-0.25, -0.2) is 4.98 Å². The molecule has 0 radical (unpaired) electrons. The highest BCUT2D eigenvalue weighted by molar-refractivity contribution is 6.03. The van der Waals surface area contributed by atoms with Gasteiger partial charge in [-0.1, -0.05) is 39.0 Å². The van der Waals surface area contributed by atoms with E-state index in [0.29, 0.717) is 16.9 Å². The number of rotatable bonds is 4. The van der Waals surface area contributed by atoms with Crippen molar-refractivity contribution in [3.63, 3.8) is 0 Å². The SMILES string of the molecule is CC(C)(C)c1ccc(C(=O)Nc2ccc(Nc3cccc(C#N)c3)cn2)cc1. The predicted molar refractivity (Wildman–Crippen MR) is 112 cm³/mol. The number of pyridine rings is 1. The average molecular weight is 370 g/mol. The van der Waals surface area contributed by atoms with Crippen LogP contribution in [0.25, 0.3) is 0 Å². The largest absolute Gasteiger partial charge is 0.354 e. The molecule has 1 amide bonds. The topological polar surface area (TPSA) is 77.8 Å². The second-order valence-corrected chi connectivity index (χ2v) is 7.53. The Morgan fingerprint density at radius 2 is 1.75 bits per heavy atom. The zero-order chi connectivity index (χ0) is 20.1. The fourth-order valence-corrected chi connectivity index (χ4v) is 2.69. The summed E-state index contributed by atoms with van der Waals surface area (Å²) in [7, 11) is 0. The molecule has 0 atom stereocenters. The smallest absolute Gasteiger partial charge is 0.256 e. The molecule has 0 spiro atoms. The van der Waals surface area contributed by atoms with Crippen molar-refractivity contribution >= 4 is 23.1 Å². The van der Waals surface area contributed by atoms with Crippen LogP contribution >= 0.6 is 0 Å². The molecule has 0 aliphatic rings.